The van der Waals surface area contributed by atoms with Crippen molar-refractivity contribution in [2.24, 2.45) is 0 Å². The van der Waals surface area contributed by atoms with Crippen molar-refractivity contribution in [3.63, 3.8) is 0 Å². The lowest BCUT2D eigenvalue weighted by Gasteiger charge is -2.18. The lowest BCUT2D eigenvalue weighted by molar-refractivity contribution is 0.382. The van der Waals surface area contributed by atoms with Crippen LogP contribution >= 0.6 is 0 Å². The molecule has 0 aliphatic rings. The summed E-state index contributed by atoms with van der Waals surface area (Å²) >= 11 is 0. The van der Waals surface area contributed by atoms with Gasteiger partial charge in [-0.3, -0.25) is 0 Å². The zero-order valence-electron chi connectivity index (χ0n) is 12.3. The molecule has 0 radical (unpaired) electrons. The van der Waals surface area contributed by atoms with Crippen molar-refractivity contribution in [2.45, 2.75) is 26.3 Å². The van der Waals surface area contributed by atoms with Gasteiger partial charge in [0.05, 0.1) is 7.11 Å². The maximum absolute atomic E-state index is 5.42. The summed E-state index contributed by atoms with van der Waals surface area (Å²) in [7, 11) is 5.94. The predicted molar refractivity (Wildman–Crippen MR) is 77.3 cm³/mol. The van der Waals surface area contributed by atoms with Crippen LogP contribution in [0.3, 0.4) is 0 Å². The zero-order valence-corrected chi connectivity index (χ0v) is 12.3. The Morgan fingerprint density at radius 1 is 1.33 bits per heavy atom. The molecule has 1 atom stereocenters. The van der Waals surface area contributed by atoms with E-state index in [2.05, 4.69) is 50.3 Å². The number of nitrogens with one attached hydrogen (secondary N) is 1. The third-order valence-corrected chi connectivity index (χ3v) is 3.08. The summed E-state index contributed by atoms with van der Waals surface area (Å²) in [4.78, 5) is 2.21. The third kappa shape index (κ3) is 4.67. The molecule has 1 aromatic rings. The molecule has 102 valence electrons. The summed E-state index contributed by atoms with van der Waals surface area (Å²) < 4.78 is 5.42. The molecule has 0 spiro atoms. The first-order valence-electron chi connectivity index (χ1n) is 6.57. The number of hydrogen-bond donors (Lipinski definition) is 1. The third-order valence-electron chi connectivity index (χ3n) is 3.08. The molecule has 0 saturated carbocycles. The van der Waals surface area contributed by atoms with Crippen molar-refractivity contribution in [2.75, 3.05) is 34.3 Å². The van der Waals surface area contributed by atoms with Gasteiger partial charge in [0.15, 0.2) is 0 Å². The van der Waals surface area contributed by atoms with E-state index in [1.807, 2.05) is 6.07 Å². The molecule has 0 aromatic heterocycles. The number of aryl methyl sites for hydroxylation is 1. The highest BCUT2D eigenvalue weighted by Crippen LogP contribution is 2.25. The molecule has 0 fully saturated rings. The Hall–Kier alpha value is -1.06. The SMILES string of the molecule is COc1ccc(C)cc1C(C)NCCCN(C)C. The van der Waals surface area contributed by atoms with Crippen molar-refractivity contribution < 1.29 is 4.74 Å². The summed E-state index contributed by atoms with van der Waals surface area (Å²) in [5.74, 6) is 0.966. The Labute approximate surface area is 111 Å². The van der Waals surface area contributed by atoms with Gasteiger partial charge in [0, 0.05) is 11.6 Å². The number of ether oxygens (including phenoxy) is 1. The van der Waals surface area contributed by atoms with Gasteiger partial charge in [0.2, 0.25) is 0 Å². The molecular weight excluding hydrogens is 224 g/mol. The van der Waals surface area contributed by atoms with E-state index in [1.54, 1.807) is 7.11 Å². The highest BCUT2D eigenvalue weighted by Gasteiger charge is 2.10. The molecule has 1 N–H and O–H groups in total. The standard InChI is InChI=1S/C15H26N2O/c1-12-7-8-15(18-5)14(11-12)13(2)16-9-6-10-17(3)4/h7-8,11,13,16H,6,9-10H2,1-5H3. The highest BCUT2D eigenvalue weighted by molar-refractivity contribution is 5.38. The minimum atomic E-state index is 0.321. The van der Waals surface area contributed by atoms with Gasteiger partial charge in [-0.05, 0) is 53.5 Å². The van der Waals surface area contributed by atoms with Crippen LogP contribution in [0.2, 0.25) is 0 Å². The van der Waals surface area contributed by atoms with Crippen LogP contribution < -0.4 is 10.1 Å². The van der Waals surface area contributed by atoms with Crippen LogP contribution in [0.5, 0.6) is 5.75 Å². The van der Waals surface area contributed by atoms with Gasteiger partial charge in [-0.1, -0.05) is 17.7 Å². The average Bonchev–Trinajstić information content (AvgIpc) is 2.34. The molecule has 1 unspecified atom stereocenters. The first-order valence-corrected chi connectivity index (χ1v) is 6.57. The second kappa shape index (κ2) is 7.39. The Balaban J connectivity index is 2.55. The van der Waals surface area contributed by atoms with Gasteiger partial charge >= 0.3 is 0 Å². The van der Waals surface area contributed by atoms with Crippen molar-refractivity contribution in [1.82, 2.24) is 10.2 Å². The van der Waals surface area contributed by atoms with E-state index in [4.69, 9.17) is 4.74 Å². The topological polar surface area (TPSA) is 24.5 Å². The molecule has 0 saturated heterocycles. The van der Waals surface area contributed by atoms with Crippen LogP contribution in [0.1, 0.15) is 30.5 Å². The largest absolute Gasteiger partial charge is 0.496 e. The molecule has 0 aliphatic carbocycles. The second-order valence-electron chi connectivity index (χ2n) is 5.08. The highest BCUT2D eigenvalue weighted by atomic mass is 16.5. The van der Waals surface area contributed by atoms with Crippen molar-refractivity contribution in [3.05, 3.63) is 29.3 Å². The molecule has 1 aromatic carbocycles. The smallest absolute Gasteiger partial charge is 0.123 e. The summed E-state index contributed by atoms with van der Waals surface area (Å²) in [6.07, 6.45) is 1.16. The predicted octanol–water partition coefficient (Wildman–Crippen LogP) is 2.61. The minimum Gasteiger partial charge on any atom is -0.496 e. The van der Waals surface area contributed by atoms with Gasteiger partial charge in [-0.15, -0.1) is 0 Å². The number of benzene rings is 1. The van der Waals surface area contributed by atoms with Crippen LogP contribution in [0.4, 0.5) is 0 Å². The zero-order chi connectivity index (χ0) is 13.5. The number of rotatable bonds is 7. The van der Waals surface area contributed by atoms with Crippen molar-refractivity contribution in [3.8, 4) is 5.75 Å². The minimum absolute atomic E-state index is 0.321. The van der Waals surface area contributed by atoms with E-state index >= 15 is 0 Å². The molecule has 0 heterocycles. The molecular formula is C15H26N2O. The van der Waals surface area contributed by atoms with Crippen LogP contribution in [-0.2, 0) is 0 Å². The maximum atomic E-state index is 5.42. The molecule has 18 heavy (non-hydrogen) atoms. The van der Waals surface area contributed by atoms with Gasteiger partial charge in [-0.2, -0.15) is 0 Å². The summed E-state index contributed by atoms with van der Waals surface area (Å²) in [6, 6.07) is 6.65. The number of methoxy groups -OCH3 is 1. The summed E-state index contributed by atoms with van der Waals surface area (Å²) in [5, 5.41) is 3.55. The molecule has 1 rings (SSSR count). The Bertz CT molecular complexity index is 364. The van der Waals surface area contributed by atoms with Crippen LogP contribution in [0.25, 0.3) is 0 Å². The maximum Gasteiger partial charge on any atom is 0.123 e. The quantitative estimate of drug-likeness (QED) is 0.753. The van der Waals surface area contributed by atoms with E-state index in [1.165, 1.54) is 11.1 Å². The molecule has 0 aliphatic heterocycles. The summed E-state index contributed by atoms with van der Waals surface area (Å²) in [5.41, 5.74) is 2.51. The fourth-order valence-electron chi connectivity index (χ4n) is 2.02. The molecule has 3 heteroatoms. The Morgan fingerprint density at radius 2 is 2.06 bits per heavy atom. The Morgan fingerprint density at radius 3 is 2.67 bits per heavy atom. The van der Waals surface area contributed by atoms with Crippen LogP contribution in [0, 0.1) is 6.92 Å². The normalized spacial score (nSPS) is 12.8. The fourth-order valence-corrected chi connectivity index (χ4v) is 2.02. The van der Waals surface area contributed by atoms with E-state index in [-0.39, 0.29) is 0 Å². The van der Waals surface area contributed by atoms with E-state index < -0.39 is 0 Å². The van der Waals surface area contributed by atoms with E-state index in [0.29, 0.717) is 6.04 Å². The first kappa shape index (κ1) is 15.0. The second-order valence-corrected chi connectivity index (χ2v) is 5.08. The average molecular weight is 250 g/mol. The van der Waals surface area contributed by atoms with Gasteiger partial charge < -0.3 is 15.0 Å². The van der Waals surface area contributed by atoms with E-state index in [9.17, 15) is 0 Å². The Kier molecular flexibility index (Phi) is 6.16. The van der Waals surface area contributed by atoms with E-state index in [0.717, 1.165) is 25.3 Å². The number of hydrogen-bond acceptors (Lipinski definition) is 3. The van der Waals surface area contributed by atoms with Crippen molar-refractivity contribution in [1.29, 1.82) is 0 Å². The van der Waals surface area contributed by atoms with Crippen molar-refractivity contribution >= 4 is 0 Å². The fraction of sp³-hybridized carbons (Fsp3) is 0.600. The molecule has 0 amide bonds. The lowest BCUT2D eigenvalue weighted by Crippen LogP contribution is -2.24. The number of nitrogens with zero attached hydrogens (tertiary/aromatic N) is 1. The molecule has 0 bridgehead atoms. The van der Waals surface area contributed by atoms with Gasteiger partial charge in [0.25, 0.3) is 0 Å². The van der Waals surface area contributed by atoms with Crippen LogP contribution in [0.15, 0.2) is 18.2 Å². The van der Waals surface area contributed by atoms with Crippen LogP contribution in [-0.4, -0.2) is 39.2 Å². The molecule has 3 nitrogen and oxygen atoms in total. The monoisotopic (exact) mass is 250 g/mol. The summed E-state index contributed by atoms with van der Waals surface area (Å²) in [6.45, 7) is 6.44. The lowest BCUT2D eigenvalue weighted by atomic mass is 10.0. The van der Waals surface area contributed by atoms with Gasteiger partial charge in [0.1, 0.15) is 5.75 Å². The first-order chi connectivity index (χ1) is 8.54. The van der Waals surface area contributed by atoms with Gasteiger partial charge in [-0.25, -0.2) is 0 Å².